The SMILES string of the molecule is N[C@@H]1CCN(C(C(=O)N2CCN(c3ncnc4ccccc34)CC2)c2ccc(Cl)c(Cl)c2)C1.N[C@@H]1CCN([C@H](C(=O)N2CCN(c3ncnc4ccccc34)CC2)c2ccc(Cl)c(Cl)c2)C1. The molecule has 4 fully saturated rings. The van der Waals surface area contributed by atoms with Crippen LogP contribution in [0.15, 0.2) is 97.6 Å². The van der Waals surface area contributed by atoms with E-state index in [-0.39, 0.29) is 23.9 Å². The van der Waals surface area contributed by atoms with Crippen molar-refractivity contribution in [2.75, 3.05) is 88.3 Å². The van der Waals surface area contributed by atoms with E-state index in [0.717, 1.165) is 70.5 Å². The molecule has 344 valence electrons. The van der Waals surface area contributed by atoms with Gasteiger partial charge in [-0.05, 0) is 72.5 Å². The van der Waals surface area contributed by atoms with E-state index in [0.29, 0.717) is 85.5 Å². The molecule has 18 heteroatoms. The van der Waals surface area contributed by atoms with Crippen LogP contribution in [0, 0.1) is 0 Å². The summed E-state index contributed by atoms with van der Waals surface area (Å²) in [7, 11) is 0. The number of hydrogen-bond acceptors (Lipinski definition) is 12. The Bertz CT molecular complexity index is 2510. The van der Waals surface area contributed by atoms with E-state index >= 15 is 0 Å². The Morgan fingerprint density at radius 3 is 1.26 bits per heavy atom. The van der Waals surface area contributed by atoms with E-state index < -0.39 is 12.1 Å². The van der Waals surface area contributed by atoms with E-state index in [1.165, 1.54) is 0 Å². The molecule has 66 heavy (non-hydrogen) atoms. The minimum atomic E-state index is -0.417. The first kappa shape index (κ1) is 46.2. The van der Waals surface area contributed by atoms with Crippen molar-refractivity contribution in [1.29, 1.82) is 0 Å². The Balaban J connectivity index is 0.000000166. The fourth-order valence-corrected chi connectivity index (χ4v) is 10.2. The number of likely N-dealkylation sites (tertiary alicyclic amines) is 2. The van der Waals surface area contributed by atoms with Gasteiger partial charge in [0.05, 0.1) is 31.1 Å². The first-order valence-corrected chi connectivity index (χ1v) is 23.9. The Morgan fingerprint density at radius 1 is 0.500 bits per heavy atom. The van der Waals surface area contributed by atoms with Crippen LogP contribution in [0.3, 0.4) is 0 Å². The lowest BCUT2D eigenvalue weighted by molar-refractivity contribution is -0.138. The first-order valence-electron chi connectivity index (χ1n) is 22.4. The summed E-state index contributed by atoms with van der Waals surface area (Å²) in [5, 5.41) is 3.93. The lowest BCUT2D eigenvalue weighted by Gasteiger charge is -2.39. The van der Waals surface area contributed by atoms with Crippen LogP contribution in [0.2, 0.25) is 20.1 Å². The average molecular weight is 971 g/mol. The molecular weight excluding hydrogens is 918 g/mol. The van der Waals surface area contributed by atoms with E-state index in [1.54, 1.807) is 36.9 Å². The maximum atomic E-state index is 13.8. The van der Waals surface area contributed by atoms with Crippen molar-refractivity contribution in [2.24, 2.45) is 11.5 Å². The van der Waals surface area contributed by atoms with E-state index in [2.05, 4.69) is 39.5 Å². The Morgan fingerprint density at radius 2 is 0.894 bits per heavy atom. The van der Waals surface area contributed by atoms with Crippen LogP contribution in [0.4, 0.5) is 11.6 Å². The van der Waals surface area contributed by atoms with Crippen LogP contribution in [-0.2, 0) is 9.59 Å². The summed E-state index contributed by atoms with van der Waals surface area (Å²) in [4.78, 5) is 58.0. The highest BCUT2D eigenvalue weighted by Gasteiger charge is 2.38. The molecule has 6 heterocycles. The summed E-state index contributed by atoms with van der Waals surface area (Å²) in [6.07, 6.45) is 4.96. The second-order valence-corrected chi connectivity index (χ2v) is 18.9. The molecule has 2 aromatic heterocycles. The van der Waals surface area contributed by atoms with Gasteiger partial charge in [0.25, 0.3) is 0 Å². The lowest BCUT2D eigenvalue weighted by Crippen LogP contribution is -2.52. The molecule has 1 unspecified atom stereocenters. The molecule has 4 aliphatic heterocycles. The number of para-hydroxylation sites is 2. The van der Waals surface area contributed by atoms with E-state index in [9.17, 15) is 9.59 Å². The number of carbonyl (C=O) groups excluding carboxylic acids is 2. The van der Waals surface area contributed by atoms with Crippen LogP contribution >= 0.6 is 46.4 Å². The normalized spacial score (nSPS) is 20.4. The zero-order valence-electron chi connectivity index (χ0n) is 36.4. The molecule has 0 aliphatic carbocycles. The molecule has 0 saturated carbocycles. The molecule has 0 bridgehead atoms. The van der Waals surface area contributed by atoms with Gasteiger partial charge < -0.3 is 31.1 Å². The Labute approximate surface area is 404 Å². The second kappa shape index (κ2) is 20.5. The van der Waals surface area contributed by atoms with Crippen molar-refractivity contribution in [1.82, 2.24) is 39.5 Å². The fraction of sp³-hybridized carbons (Fsp3) is 0.375. The predicted molar refractivity (Wildman–Crippen MR) is 263 cm³/mol. The maximum absolute atomic E-state index is 13.8. The number of fused-ring (bicyclic) bond motifs is 2. The first-order chi connectivity index (χ1) is 32.0. The van der Waals surface area contributed by atoms with Crippen molar-refractivity contribution in [3.8, 4) is 0 Å². The van der Waals surface area contributed by atoms with Gasteiger partial charge in [-0.2, -0.15) is 0 Å². The standard InChI is InChI=1S/2C24H26Cl2N6O/c2*25-19-6-5-16(13-20(19)26)22(32-8-7-17(27)14-32)24(33)31-11-9-30(10-12-31)23-18-3-1-2-4-21(18)28-15-29-23/h2*1-6,13,15,17,22H,7-12,14,27H2/t17-,22?;17-,22+/m11/s1. The summed E-state index contributed by atoms with van der Waals surface area (Å²) >= 11 is 24.9. The summed E-state index contributed by atoms with van der Waals surface area (Å²) in [5.74, 6) is 1.99. The number of aromatic nitrogens is 4. The minimum absolute atomic E-state index is 0.0750. The smallest absolute Gasteiger partial charge is 0.244 e. The van der Waals surface area contributed by atoms with Crippen molar-refractivity contribution >= 4 is 91.7 Å². The Kier molecular flexibility index (Phi) is 14.4. The van der Waals surface area contributed by atoms with Crippen LogP contribution in [0.1, 0.15) is 36.1 Å². The van der Waals surface area contributed by atoms with E-state index in [4.69, 9.17) is 57.9 Å². The zero-order valence-corrected chi connectivity index (χ0v) is 39.4. The summed E-state index contributed by atoms with van der Waals surface area (Å²) in [5.41, 5.74) is 15.9. The van der Waals surface area contributed by atoms with Crippen molar-refractivity contribution in [3.63, 3.8) is 0 Å². The molecule has 10 rings (SSSR count). The molecule has 4 saturated heterocycles. The summed E-state index contributed by atoms with van der Waals surface area (Å²) in [6, 6.07) is 26.2. The number of piperazine rings is 2. The van der Waals surface area contributed by atoms with Crippen LogP contribution in [-0.4, -0.2) is 142 Å². The Hall–Kier alpha value is -4.90. The molecule has 14 nitrogen and oxygen atoms in total. The lowest BCUT2D eigenvalue weighted by atomic mass is 10.0. The van der Waals surface area contributed by atoms with Crippen molar-refractivity contribution in [2.45, 2.75) is 37.0 Å². The van der Waals surface area contributed by atoms with Gasteiger partial charge in [-0.3, -0.25) is 19.4 Å². The predicted octanol–water partition coefficient (Wildman–Crippen LogP) is 6.72. The van der Waals surface area contributed by atoms with E-state index in [1.807, 2.05) is 70.5 Å². The van der Waals surface area contributed by atoms with Gasteiger partial charge in [0.15, 0.2) is 0 Å². The number of rotatable bonds is 8. The second-order valence-electron chi connectivity index (χ2n) is 17.3. The molecule has 4 N–H and O–H groups in total. The number of anilines is 2. The fourth-order valence-electron chi connectivity index (χ4n) is 9.59. The van der Waals surface area contributed by atoms with Crippen LogP contribution in [0.25, 0.3) is 21.8 Å². The third-order valence-corrected chi connectivity index (χ3v) is 14.5. The van der Waals surface area contributed by atoms with Gasteiger partial charge in [0.2, 0.25) is 11.8 Å². The molecule has 4 aliphatic rings. The minimum Gasteiger partial charge on any atom is -0.352 e. The topological polar surface area (TPSA) is 157 Å². The summed E-state index contributed by atoms with van der Waals surface area (Å²) in [6.45, 7) is 8.25. The molecule has 4 atom stereocenters. The van der Waals surface area contributed by atoms with Gasteiger partial charge in [0, 0.05) is 101 Å². The van der Waals surface area contributed by atoms with Crippen molar-refractivity contribution in [3.05, 3.63) is 129 Å². The molecule has 0 spiro atoms. The van der Waals surface area contributed by atoms with Gasteiger partial charge in [-0.25, -0.2) is 19.9 Å². The molecule has 2 amide bonds. The largest absolute Gasteiger partial charge is 0.352 e. The number of carbonyl (C=O) groups is 2. The number of hydrogen-bond donors (Lipinski definition) is 2. The monoisotopic (exact) mass is 968 g/mol. The van der Waals surface area contributed by atoms with Gasteiger partial charge in [-0.15, -0.1) is 0 Å². The molecule has 4 aromatic carbocycles. The number of nitrogens with two attached hydrogens (primary N) is 2. The molecular formula is C48H52Cl4N12O2. The van der Waals surface area contributed by atoms with Gasteiger partial charge >= 0.3 is 0 Å². The third-order valence-electron chi connectivity index (χ3n) is 13.1. The average Bonchev–Trinajstić information content (AvgIpc) is 3.98. The summed E-state index contributed by atoms with van der Waals surface area (Å²) < 4.78 is 0. The van der Waals surface area contributed by atoms with Crippen LogP contribution in [0.5, 0.6) is 0 Å². The molecule has 6 aromatic rings. The zero-order chi connectivity index (χ0) is 45.9. The highest BCUT2D eigenvalue weighted by molar-refractivity contribution is 6.42. The number of amides is 2. The quantitative estimate of drug-likeness (QED) is 0.166. The number of nitrogens with zero attached hydrogens (tertiary/aromatic N) is 10. The van der Waals surface area contributed by atoms with Crippen molar-refractivity contribution < 1.29 is 9.59 Å². The van der Waals surface area contributed by atoms with Crippen LogP contribution < -0.4 is 21.3 Å². The number of halogens is 4. The molecule has 0 radical (unpaired) electrons. The third kappa shape index (κ3) is 10.0. The highest BCUT2D eigenvalue weighted by Crippen LogP contribution is 2.35. The van der Waals surface area contributed by atoms with Gasteiger partial charge in [-0.1, -0.05) is 82.8 Å². The van der Waals surface area contributed by atoms with Gasteiger partial charge in [0.1, 0.15) is 36.4 Å². The maximum Gasteiger partial charge on any atom is 0.244 e. The number of benzene rings is 4. The highest BCUT2D eigenvalue weighted by atomic mass is 35.5.